The lowest BCUT2D eigenvalue weighted by molar-refractivity contribution is -0.683. The van der Waals surface area contributed by atoms with Gasteiger partial charge >= 0.3 is 0 Å². The van der Waals surface area contributed by atoms with Gasteiger partial charge in [-0.3, -0.25) is 9.59 Å². The van der Waals surface area contributed by atoms with Crippen molar-refractivity contribution < 1.29 is 36.2 Å². The maximum absolute atomic E-state index is 12.2. The molecule has 0 aliphatic rings. The molecular formula is C17H18Br2N2O3. The maximum Gasteiger partial charge on any atom is 0.251 e. The molecule has 0 bridgehead atoms. The number of hydrogen-bond acceptors (Lipinski definition) is 3. The van der Waals surface area contributed by atoms with Crippen LogP contribution in [0.15, 0.2) is 53.3 Å². The van der Waals surface area contributed by atoms with Crippen molar-refractivity contribution >= 4 is 27.6 Å². The molecule has 2 aromatic rings. The summed E-state index contributed by atoms with van der Waals surface area (Å²) in [6, 6.07) is 10.6. The smallest absolute Gasteiger partial charge is 0.251 e. The number of ketones is 1. The summed E-state index contributed by atoms with van der Waals surface area (Å²) in [4.78, 5) is 24.1. The Bertz CT molecular complexity index is 690. The van der Waals surface area contributed by atoms with Gasteiger partial charge in [-0.15, -0.1) is 0 Å². The number of rotatable bonds is 7. The molecule has 0 unspecified atom stereocenters. The molecule has 2 rings (SSSR count). The number of carbonyl (C=O) groups is 2. The highest BCUT2D eigenvalue weighted by atomic mass is 79.9. The third-order valence-corrected chi connectivity index (χ3v) is 3.74. The molecule has 0 fully saturated rings. The third kappa shape index (κ3) is 6.14. The van der Waals surface area contributed by atoms with Gasteiger partial charge in [0.15, 0.2) is 12.4 Å². The van der Waals surface area contributed by atoms with E-state index in [-0.39, 0.29) is 41.8 Å². The number of aromatic nitrogens is 1. The molecule has 1 aromatic carbocycles. The van der Waals surface area contributed by atoms with Gasteiger partial charge in [-0.25, -0.2) is 0 Å². The summed E-state index contributed by atoms with van der Waals surface area (Å²) in [6.07, 6.45) is 3.94. The van der Waals surface area contributed by atoms with Crippen molar-refractivity contribution in [3.63, 3.8) is 0 Å². The first kappa shape index (κ1) is 20.5. The second kappa shape index (κ2) is 10.3. The summed E-state index contributed by atoms with van der Waals surface area (Å²) < 4.78 is 2.59. The lowest BCUT2D eigenvalue weighted by Gasteiger charge is -2.03. The van der Waals surface area contributed by atoms with E-state index in [1.165, 1.54) is 0 Å². The second-order valence-electron chi connectivity index (χ2n) is 5.03. The molecule has 1 aromatic heterocycles. The average molecular weight is 458 g/mol. The first-order chi connectivity index (χ1) is 11.1. The molecule has 24 heavy (non-hydrogen) atoms. The van der Waals surface area contributed by atoms with Crippen LogP contribution in [-0.4, -0.2) is 29.9 Å². The Labute approximate surface area is 159 Å². The molecule has 2 N–H and O–H groups in total. The zero-order chi connectivity index (χ0) is 16.7. The Morgan fingerprint density at radius 2 is 1.83 bits per heavy atom. The van der Waals surface area contributed by atoms with Gasteiger partial charge in [-0.1, -0.05) is 28.1 Å². The van der Waals surface area contributed by atoms with Crippen LogP contribution >= 0.6 is 15.9 Å². The zero-order valence-electron chi connectivity index (χ0n) is 12.9. The lowest BCUT2D eigenvalue weighted by atomic mass is 10.1. The number of aliphatic hydroxyl groups excluding tert-OH is 1. The summed E-state index contributed by atoms with van der Waals surface area (Å²) >= 11 is 3.35. The number of benzene rings is 1. The van der Waals surface area contributed by atoms with E-state index in [2.05, 4.69) is 21.2 Å². The van der Waals surface area contributed by atoms with E-state index in [0.29, 0.717) is 24.1 Å². The number of hydrogen-bond donors (Lipinski definition) is 2. The van der Waals surface area contributed by atoms with E-state index in [9.17, 15) is 9.59 Å². The van der Waals surface area contributed by atoms with Crippen molar-refractivity contribution in [3.05, 3.63) is 64.4 Å². The van der Waals surface area contributed by atoms with Crippen LogP contribution < -0.4 is 26.9 Å². The van der Waals surface area contributed by atoms with Crippen molar-refractivity contribution in [2.24, 2.45) is 0 Å². The SMILES string of the molecule is O=C(C[n+]1ccc(C(=O)NCCCO)cc1)c1cccc(Br)c1.[Br-]. The van der Waals surface area contributed by atoms with E-state index in [0.717, 1.165) is 4.47 Å². The Morgan fingerprint density at radius 1 is 1.12 bits per heavy atom. The molecule has 1 heterocycles. The minimum Gasteiger partial charge on any atom is -1.00 e. The van der Waals surface area contributed by atoms with Gasteiger partial charge in [0.1, 0.15) is 0 Å². The van der Waals surface area contributed by atoms with Crippen LogP contribution in [0.5, 0.6) is 0 Å². The maximum atomic E-state index is 12.2. The fraction of sp³-hybridized carbons (Fsp3) is 0.235. The van der Waals surface area contributed by atoms with Crippen LogP contribution in [0.3, 0.4) is 0 Å². The molecule has 0 saturated carbocycles. The minimum absolute atomic E-state index is 0. The first-order valence-electron chi connectivity index (χ1n) is 7.27. The Hall–Kier alpha value is -1.57. The number of nitrogens with zero attached hydrogens (tertiary/aromatic N) is 1. The van der Waals surface area contributed by atoms with Gasteiger partial charge in [0.2, 0.25) is 12.3 Å². The summed E-state index contributed by atoms with van der Waals surface area (Å²) in [5, 5.41) is 11.4. The highest BCUT2D eigenvalue weighted by Gasteiger charge is 2.13. The minimum atomic E-state index is -0.191. The Kier molecular flexibility index (Phi) is 8.81. The summed E-state index contributed by atoms with van der Waals surface area (Å²) in [6.45, 7) is 0.696. The summed E-state index contributed by atoms with van der Waals surface area (Å²) in [5.41, 5.74) is 1.16. The average Bonchev–Trinajstić information content (AvgIpc) is 2.55. The summed E-state index contributed by atoms with van der Waals surface area (Å²) in [5.74, 6) is -0.194. The molecular weight excluding hydrogens is 440 g/mol. The molecule has 1 amide bonds. The van der Waals surface area contributed by atoms with Gasteiger partial charge in [0.25, 0.3) is 5.91 Å². The fourth-order valence-electron chi connectivity index (χ4n) is 2.02. The number of aliphatic hydroxyl groups is 1. The predicted octanol–water partition coefficient (Wildman–Crippen LogP) is -1.26. The summed E-state index contributed by atoms with van der Waals surface area (Å²) in [7, 11) is 0. The number of nitrogens with one attached hydrogen (secondary N) is 1. The Morgan fingerprint density at radius 3 is 2.46 bits per heavy atom. The van der Waals surface area contributed by atoms with Gasteiger partial charge in [0.05, 0.1) is 5.56 Å². The lowest BCUT2D eigenvalue weighted by Crippen LogP contribution is -3.00. The van der Waals surface area contributed by atoms with Crippen molar-refractivity contribution in [1.82, 2.24) is 5.32 Å². The highest BCUT2D eigenvalue weighted by Crippen LogP contribution is 2.12. The monoisotopic (exact) mass is 456 g/mol. The van der Waals surface area contributed by atoms with Crippen LogP contribution in [0, 0.1) is 0 Å². The van der Waals surface area contributed by atoms with Crippen molar-refractivity contribution in [2.45, 2.75) is 13.0 Å². The Balaban J connectivity index is 0.00000288. The van der Waals surface area contributed by atoms with Gasteiger partial charge in [-0.05, 0) is 18.6 Å². The third-order valence-electron chi connectivity index (χ3n) is 3.25. The topological polar surface area (TPSA) is 70.3 Å². The van der Waals surface area contributed by atoms with Crippen LogP contribution in [0.2, 0.25) is 0 Å². The van der Waals surface area contributed by atoms with E-state index in [1.54, 1.807) is 41.2 Å². The van der Waals surface area contributed by atoms with Gasteiger partial charge in [-0.2, -0.15) is 4.57 Å². The predicted molar refractivity (Wildman–Crippen MR) is 89.1 cm³/mol. The van der Waals surface area contributed by atoms with Crippen molar-refractivity contribution in [1.29, 1.82) is 0 Å². The molecule has 0 aliphatic carbocycles. The van der Waals surface area contributed by atoms with Crippen LogP contribution in [0.4, 0.5) is 0 Å². The van der Waals surface area contributed by atoms with E-state index < -0.39 is 0 Å². The molecule has 128 valence electrons. The van der Waals surface area contributed by atoms with E-state index >= 15 is 0 Å². The van der Waals surface area contributed by atoms with Gasteiger partial charge < -0.3 is 27.4 Å². The van der Waals surface area contributed by atoms with Crippen LogP contribution in [0.25, 0.3) is 0 Å². The van der Waals surface area contributed by atoms with Crippen molar-refractivity contribution in [3.8, 4) is 0 Å². The number of Topliss-reactive ketones (excluding diaryl/α,β-unsaturated/α-hetero) is 1. The quantitative estimate of drug-likeness (QED) is 0.309. The first-order valence-corrected chi connectivity index (χ1v) is 8.06. The molecule has 0 aliphatic heterocycles. The largest absolute Gasteiger partial charge is 1.00 e. The van der Waals surface area contributed by atoms with E-state index in [4.69, 9.17) is 5.11 Å². The van der Waals surface area contributed by atoms with Crippen molar-refractivity contribution in [2.75, 3.05) is 13.2 Å². The van der Waals surface area contributed by atoms with Gasteiger partial charge in [0, 0.05) is 35.3 Å². The van der Waals surface area contributed by atoms with Crippen LogP contribution in [0.1, 0.15) is 27.1 Å². The standard InChI is InChI=1S/C17H17BrN2O3.BrH/c18-15-4-1-3-14(11-15)16(22)12-20-8-5-13(6-9-20)17(23)19-7-2-10-21;/h1,3-6,8-9,11,21H,2,7,10,12H2;1H. The van der Waals surface area contributed by atoms with Crippen LogP contribution in [-0.2, 0) is 6.54 Å². The number of carbonyl (C=O) groups excluding carboxylic acids is 2. The normalized spacial score (nSPS) is 9.92. The van der Waals surface area contributed by atoms with E-state index in [1.807, 2.05) is 12.1 Å². The molecule has 5 nitrogen and oxygen atoms in total. The number of pyridine rings is 1. The fourth-order valence-corrected chi connectivity index (χ4v) is 2.42. The number of amides is 1. The molecule has 0 saturated heterocycles. The molecule has 0 spiro atoms. The molecule has 0 radical (unpaired) electrons. The molecule has 7 heteroatoms. The molecule has 0 atom stereocenters. The zero-order valence-corrected chi connectivity index (χ0v) is 16.1. The highest BCUT2D eigenvalue weighted by molar-refractivity contribution is 9.10. The number of halogens is 2. The second-order valence-corrected chi connectivity index (χ2v) is 5.94.